The molecule has 1 aromatic heterocycles. The van der Waals surface area contributed by atoms with Gasteiger partial charge < -0.3 is 4.74 Å². The number of aromatic nitrogens is 2. The Bertz CT molecular complexity index is 271. The van der Waals surface area contributed by atoms with Crippen LogP contribution in [0.1, 0.15) is 27.2 Å². The van der Waals surface area contributed by atoms with Crippen LogP contribution in [0.15, 0.2) is 17.1 Å². The normalized spacial score (nSPS) is 11.4. The summed E-state index contributed by atoms with van der Waals surface area (Å²) >= 11 is 3.16. The lowest BCUT2D eigenvalue weighted by Crippen LogP contribution is -2.26. The molecule has 0 radical (unpaired) electrons. The van der Waals surface area contributed by atoms with Crippen molar-refractivity contribution in [1.82, 2.24) is 9.97 Å². The molecule has 1 heterocycles. The fourth-order valence-corrected chi connectivity index (χ4v) is 0.949. The maximum atomic E-state index is 5.66. The lowest BCUT2D eigenvalue weighted by molar-refractivity contribution is 0.104. The summed E-state index contributed by atoms with van der Waals surface area (Å²) in [6.07, 6.45) is 4.27. The molecule has 0 atom stereocenters. The summed E-state index contributed by atoms with van der Waals surface area (Å²) in [5, 5.41) is 0. The highest BCUT2D eigenvalue weighted by Crippen LogP contribution is 2.19. The van der Waals surface area contributed by atoms with Crippen LogP contribution >= 0.6 is 15.9 Å². The van der Waals surface area contributed by atoms with Crippen molar-refractivity contribution < 1.29 is 4.74 Å². The summed E-state index contributed by atoms with van der Waals surface area (Å²) in [5.41, 5.74) is -0.156. The first-order valence-corrected chi connectivity index (χ1v) is 4.99. The molecule has 0 aromatic carbocycles. The van der Waals surface area contributed by atoms with E-state index in [2.05, 4.69) is 32.8 Å². The van der Waals surface area contributed by atoms with Gasteiger partial charge in [-0.3, -0.25) is 0 Å². The molecule has 0 aliphatic carbocycles. The molecule has 72 valence electrons. The lowest BCUT2D eigenvalue weighted by Gasteiger charge is -2.24. The van der Waals surface area contributed by atoms with Gasteiger partial charge in [-0.15, -0.1) is 0 Å². The summed E-state index contributed by atoms with van der Waals surface area (Å²) < 4.78 is 6.24. The van der Waals surface area contributed by atoms with Crippen molar-refractivity contribution >= 4 is 15.9 Å². The maximum Gasteiger partial charge on any atom is 0.196 e. The van der Waals surface area contributed by atoms with Gasteiger partial charge in [0.1, 0.15) is 5.60 Å². The highest BCUT2D eigenvalue weighted by atomic mass is 79.9. The van der Waals surface area contributed by atoms with Crippen molar-refractivity contribution in [2.24, 2.45) is 0 Å². The Kier molecular flexibility index (Phi) is 3.25. The topological polar surface area (TPSA) is 35.0 Å². The van der Waals surface area contributed by atoms with Crippen LogP contribution in [-0.2, 0) is 0 Å². The fourth-order valence-electron chi connectivity index (χ4n) is 0.744. The van der Waals surface area contributed by atoms with Gasteiger partial charge >= 0.3 is 0 Å². The molecule has 0 aliphatic rings. The van der Waals surface area contributed by atoms with Gasteiger partial charge in [0.25, 0.3) is 0 Å². The second kappa shape index (κ2) is 4.05. The highest BCUT2D eigenvalue weighted by Gasteiger charge is 2.16. The molecule has 13 heavy (non-hydrogen) atoms. The SMILES string of the molecule is CCC(C)(C)Oc1cnc(Br)nc1. The quantitative estimate of drug-likeness (QED) is 0.768. The minimum Gasteiger partial charge on any atom is -0.485 e. The van der Waals surface area contributed by atoms with Crippen LogP contribution in [0.3, 0.4) is 0 Å². The molecule has 0 saturated heterocycles. The van der Waals surface area contributed by atoms with Crippen molar-refractivity contribution in [3.05, 3.63) is 17.1 Å². The zero-order valence-electron chi connectivity index (χ0n) is 8.04. The fraction of sp³-hybridized carbons (Fsp3) is 0.556. The van der Waals surface area contributed by atoms with Crippen LogP contribution in [0, 0.1) is 0 Å². The van der Waals surface area contributed by atoms with Gasteiger partial charge in [0.15, 0.2) is 10.5 Å². The molecule has 0 bridgehead atoms. The Morgan fingerprint density at radius 1 is 1.38 bits per heavy atom. The van der Waals surface area contributed by atoms with Gasteiger partial charge in [0.05, 0.1) is 12.4 Å². The minimum atomic E-state index is -0.156. The molecule has 0 N–H and O–H groups in total. The van der Waals surface area contributed by atoms with E-state index in [1.54, 1.807) is 12.4 Å². The molecule has 0 unspecified atom stereocenters. The Morgan fingerprint density at radius 2 is 1.92 bits per heavy atom. The second-order valence-corrected chi connectivity index (χ2v) is 4.11. The molecule has 0 amide bonds. The monoisotopic (exact) mass is 244 g/mol. The third-order valence-corrected chi connectivity index (χ3v) is 2.25. The van der Waals surface area contributed by atoms with Gasteiger partial charge in [0.2, 0.25) is 0 Å². The Balaban J connectivity index is 2.69. The molecule has 1 aromatic rings. The van der Waals surface area contributed by atoms with Crippen molar-refractivity contribution in [2.45, 2.75) is 32.8 Å². The van der Waals surface area contributed by atoms with Gasteiger partial charge in [-0.2, -0.15) is 0 Å². The average Bonchev–Trinajstić information content (AvgIpc) is 2.09. The molecule has 0 spiro atoms. The third kappa shape index (κ3) is 3.30. The maximum absolute atomic E-state index is 5.66. The molecule has 0 saturated carbocycles. The number of hydrogen-bond acceptors (Lipinski definition) is 3. The van der Waals surface area contributed by atoms with E-state index in [0.717, 1.165) is 6.42 Å². The standard InChI is InChI=1S/C9H13BrN2O/c1-4-9(2,3)13-7-5-11-8(10)12-6-7/h5-6H,4H2,1-3H3. The first kappa shape index (κ1) is 10.4. The number of rotatable bonds is 3. The molecule has 3 nitrogen and oxygen atoms in total. The Labute approximate surface area is 86.7 Å². The number of halogens is 1. The van der Waals surface area contributed by atoms with E-state index in [-0.39, 0.29) is 5.60 Å². The summed E-state index contributed by atoms with van der Waals surface area (Å²) in [4.78, 5) is 7.96. The van der Waals surface area contributed by atoms with Crippen molar-refractivity contribution in [2.75, 3.05) is 0 Å². The molecular weight excluding hydrogens is 232 g/mol. The van der Waals surface area contributed by atoms with Gasteiger partial charge in [-0.1, -0.05) is 6.92 Å². The molecule has 0 aliphatic heterocycles. The largest absolute Gasteiger partial charge is 0.485 e. The second-order valence-electron chi connectivity index (χ2n) is 3.40. The van der Waals surface area contributed by atoms with E-state index in [1.165, 1.54) is 0 Å². The zero-order chi connectivity index (χ0) is 9.90. The predicted octanol–water partition coefficient (Wildman–Crippen LogP) is 2.81. The van der Waals surface area contributed by atoms with Crippen LogP contribution in [0.2, 0.25) is 0 Å². The van der Waals surface area contributed by atoms with Crippen LogP contribution < -0.4 is 4.74 Å². The summed E-state index contributed by atoms with van der Waals surface area (Å²) in [6.45, 7) is 6.16. The van der Waals surface area contributed by atoms with E-state index in [9.17, 15) is 0 Å². The summed E-state index contributed by atoms with van der Waals surface area (Å²) in [5.74, 6) is 0.704. The van der Waals surface area contributed by atoms with Gasteiger partial charge in [-0.25, -0.2) is 9.97 Å². The zero-order valence-corrected chi connectivity index (χ0v) is 9.63. The van der Waals surface area contributed by atoms with E-state index >= 15 is 0 Å². The number of hydrogen-bond donors (Lipinski definition) is 0. The van der Waals surface area contributed by atoms with Crippen LogP contribution in [-0.4, -0.2) is 15.6 Å². The molecule has 0 fully saturated rings. The van der Waals surface area contributed by atoms with Crippen LogP contribution in [0.5, 0.6) is 5.75 Å². The van der Waals surface area contributed by atoms with E-state index < -0.39 is 0 Å². The van der Waals surface area contributed by atoms with Crippen molar-refractivity contribution in [3.8, 4) is 5.75 Å². The van der Waals surface area contributed by atoms with Gasteiger partial charge in [-0.05, 0) is 36.2 Å². The number of ether oxygens (including phenoxy) is 1. The Morgan fingerprint density at radius 3 is 2.38 bits per heavy atom. The van der Waals surface area contributed by atoms with Crippen molar-refractivity contribution in [3.63, 3.8) is 0 Å². The minimum absolute atomic E-state index is 0.156. The summed E-state index contributed by atoms with van der Waals surface area (Å²) in [7, 11) is 0. The number of nitrogens with zero attached hydrogens (tertiary/aromatic N) is 2. The molecular formula is C9H13BrN2O. The molecule has 1 rings (SSSR count). The van der Waals surface area contributed by atoms with E-state index in [0.29, 0.717) is 10.5 Å². The van der Waals surface area contributed by atoms with E-state index in [1.807, 2.05) is 13.8 Å². The predicted molar refractivity (Wildman–Crippen MR) is 54.7 cm³/mol. The Hall–Kier alpha value is -0.640. The summed E-state index contributed by atoms with van der Waals surface area (Å²) in [6, 6.07) is 0. The van der Waals surface area contributed by atoms with Crippen LogP contribution in [0.4, 0.5) is 0 Å². The smallest absolute Gasteiger partial charge is 0.196 e. The lowest BCUT2D eigenvalue weighted by atomic mass is 10.1. The first-order valence-electron chi connectivity index (χ1n) is 4.20. The van der Waals surface area contributed by atoms with Crippen LogP contribution in [0.25, 0.3) is 0 Å². The highest BCUT2D eigenvalue weighted by molar-refractivity contribution is 9.10. The van der Waals surface area contributed by atoms with Gasteiger partial charge in [0, 0.05) is 0 Å². The molecule has 4 heteroatoms. The average molecular weight is 245 g/mol. The third-order valence-electron chi connectivity index (χ3n) is 1.84. The first-order chi connectivity index (χ1) is 6.03. The van der Waals surface area contributed by atoms with Crippen molar-refractivity contribution in [1.29, 1.82) is 0 Å². The van der Waals surface area contributed by atoms with E-state index in [4.69, 9.17) is 4.74 Å².